The van der Waals surface area contributed by atoms with E-state index in [9.17, 15) is 5.11 Å². The van der Waals surface area contributed by atoms with Crippen LogP contribution in [0.1, 0.15) is 5.56 Å². The highest BCUT2D eigenvalue weighted by atomic mass is 35.5. The van der Waals surface area contributed by atoms with Gasteiger partial charge in [-0.3, -0.25) is 0 Å². The van der Waals surface area contributed by atoms with E-state index in [0.29, 0.717) is 5.02 Å². The average Bonchev–Trinajstić information content (AvgIpc) is 2.79. The van der Waals surface area contributed by atoms with Gasteiger partial charge in [0.15, 0.2) is 8.68 Å². The van der Waals surface area contributed by atoms with Gasteiger partial charge in [0.05, 0.1) is 6.61 Å². The number of aliphatic hydroxyl groups is 1. The van der Waals surface area contributed by atoms with Crippen molar-refractivity contribution in [2.45, 2.75) is 20.2 Å². The van der Waals surface area contributed by atoms with Gasteiger partial charge in [0.25, 0.3) is 0 Å². The summed E-state index contributed by atoms with van der Waals surface area (Å²) in [7, 11) is 0. The van der Waals surface area contributed by atoms with Crippen LogP contribution in [-0.2, 0) is 6.61 Å². The van der Waals surface area contributed by atoms with E-state index in [4.69, 9.17) is 11.6 Å². The molecule has 0 saturated carbocycles. The number of nitrogens with zero attached hydrogens (tertiary/aromatic N) is 2. The number of benzene rings is 1. The largest absolute Gasteiger partial charge is 0.392 e. The topological polar surface area (TPSA) is 46.0 Å². The summed E-state index contributed by atoms with van der Waals surface area (Å²) in [5.74, 6) is 0. The number of halogens is 1. The van der Waals surface area contributed by atoms with Crippen LogP contribution >= 0.6 is 46.5 Å². The van der Waals surface area contributed by atoms with Crippen molar-refractivity contribution in [1.29, 1.82) is 0 Å². The van der Waals surface area contributed by atoms with E-state index in [1.807, 2.05) is 12.3 Å². The molecule has 7 heteroatoms. The van der Waals surface area contributed by atoms with Gasteiger partial charge >= 0.3 is 0 Å². The summed E-state index contributed by atoms with van der Waals surface area (Å²) in [6.07, 6.45) is 1.97. The molecular formula is C10H9ClN2OS3. The highest BCUT2D eigenvalue weighted by Crippen LogP contribution is 2.35. The van der Waals surface area contributed by atoms with Gasteiger partial charge in [0, 0.05) is 9.92 Å². The van der Waals surface area contributed by atoms with Gasteiger partial charge < -0.3 is 5.11 Å². The van der Waals surface area contributed by atoms with Crippen molar-refractivity contribution in [3.63, 3.8) is 0 Å². The fraction of sp³-hybridized carbons (Fsp3) is 0.200. The first-order chi connectivity index (χ1) is 8.22. The van der Waals surface area contributed by atoms with E-state index >= 15 is 0 Å². The number of aromatic nitrogens is 2. The lowest BCUT2D eigenvalue weighted by Gasteiger charge is -2.04. The number of rotatable bonds is 4. The van der Waals surface area contributed by atoms with Gasteiger partial charge in [-0.05, 0) is 30.0 Å². The number of hydrogen-bond acceptors (Lipinski definition) is 6. The molecule has 0 bridgehead atoms. The van der Waals surface area contributed by atoms with E-state index < -0.39 is 0 Å². The molecule has 17 heavy (non-hydrogen) atoms. The molecule has 90 valence electrons. The average molecular weight is 305 g/mol. The molecule has 1 heterocycles. The van der Waals surface area contributed by atoms with Crippen molar-refractivity contribution in [3.05, 3.63) is 28.8 Å². The van der Waals surface area contributed by atoms with Crippen LogP contribution in [-0.4, -0.2) is 21.6 Å². The molecule has 0 atom stereocenters. The molecule has 2 rings (SSSR count). The van der Waals surface area contributed by atoms with Crippen molar-refractivity contribution in [3.8, 4) is 0 Å². The lowest BCUT2D eigenvalue weighted by atomic mass is 10.2. The molecule has 0 amide bonds. The van der Waals surface area contributed by atoms with E-state index in [2.05, 4.69) is 10.2 Å². The molecule has 0 aliphatic heterocycles. The van der Waals surface area contributed by atoms with E-state index in [1.165, 1.54) is 11.8 Å². The Morgan fingerprint density at radius 3 is 2.76 bits per heavy atom. The highest BCUT2D eigenvalue weighted by Gasteiger charge is 2.09. The maximum Gasteiger partial charge on any atom is 0.179 e. The zero-order valence-electron chi connectivity index (χ0n) is 8.88. The highest BCUT2D eigenvalue weighted by molar-refractivity contribution is 8.03. The fourth-order valence-electron chi connectivity index (χ4n) is 1.19. The molecule has 0 spiro atoms. The van der Waals surface area contributed by atoms with Crippen LogP contribution in [0.2, 0.25) is 5.02 Å². The van der Waals surface area contributed by atoms with Crippen LogP contribution in [0.15, 0.2) is 31.8 Å². The van der Waals surface area contributed by atoms with Gasteiger partial charge in [0.1, 0.15) is 0 Å². The summed E-state index contributed by atoms with van der Waals surface area (Å²) in [6.45, 7) is -0.0307. The van der Waals surface area contributed by atoms with Gasteiger partial charge in [-0.15, -0.1) is 10.2 Å². The molecule has 1 aromatic carbocycles. The molecule has 0 aliphatic rings. The molecular weight excluding hydrogens is 296 g/mol. The van der Waals surface area contributed by atoms with Gasteiger partial charge in [-0.25, -0.2) is 0 Å². The zero-order valence-corrected chi connectivity index (χ0v) is 12.1. The third-order valence-corrected chi connectivity index (χ3v) is 5.26. The molecule has 2 aromatic rings. The smallest absolute Gasteiger partial charge is 0.179 e. The number of thioether (sulfide) groups is 1. The summed E-state index contributed by atoms with van der Waals surface area (Å²) in [5.41, 5.74) is 0.809. The maximum absolute atomic E-state index is 9.26. The fourth-order valence-corrected chi connectivity index (χ4v) is 3.88. The van der Waals surface area contributed by atoms with Gasteiger partial charge in [0.2, 0.25) is 0 Å². The Labute approximate surface area is 117 Å². The summed E-state index contributed by atoms with van der Waals surface area (Å²) in [6, 6.07) is 5.46. The second-order valence-electron chi connectivity index (χ2n) is 3.05. The first kappa shape index (κ1) is 13.2. The van der Waals surface area contributed by atoms with Crippen LogP contribution in [0.5, 0.6) is 0 Å². The minimum atomic E-state index is -0.0307. The van der Waals surface area contributed by atoms with E-state index in [-0.39, 0.29) is 6.61 Å². The Morgan fingerprint density at radius 1 is 1.35 bits per heavy atom. The first-order valence-corrected chi connectivity index (χ1v) is 7.91. The summed E-state index contributed by atoms with van der Waals surface area (Å²) >= 11 is 10.5. The van der Waals surface area contributed by atoms with Crippen molar-refractivity contribution >= 4 is 46.5 Å². The zero-order chi connectivity index (χ0) is 12.3. The van der Waals surface area contributed by atoms with E-state index in [0.717, 1.165) is 19.1 Å². The standard InChI is InChI=1S/C10H9ClN2OS3/c1-15-9-12-13-10(17-9)16-8-3-2-7(11)4-6(8)5-14/h2-4,14H,5H2,1H3. The second kappa shape index (κ2) is 6.06. The van der Waals surface area contributed by atoms with Crippen LogP contribution in [0.25, 0.3) is 0 Å². The number of hydrogen-bond donors (Lipinski definition) is 1. The molecule has 1 N–H and O–H groups in total. The maximum atomic E-state index is 9.26. The Bertz CT molecular complexity index is 518. The SMILES string of the molecule is CSc1nnc(Sc2ccc(Cl)cc2CO)s1. The van der Waals surface area contributed by atoms with Crippen molar-refractivity contribution in [1.82, 2.24) is 10.2 Å². The summed E-state index contributed by atoms with van der Waals surface area (Å²) in [5, 5.41) is 18.0. The van der Waals surface area contributed by atoms with Crippen LogP contribution in [0, 0.1) is 0 Å². The van der Waals surface area contributed by atoms with E-state index in [1.54, 1.807) is 35.2 Å². The van der Waals surface area contributed by atoms with Crippen molar-refractivity contribution in [2.75, 3.05) is 6.26 Å². The summed E-state index contributed by atoms with van der Waals surface area (Å²) in [4.78, 5) is 0.959. The molecule has 0 unspecified atom stereocenters. The molecule has 0 saturated heterocycles. The van der Waals surface area contributed by atoms with Gasteiger partial charge in [-0.2, -0.15) is 0 Å². The molecule has 0 aliphatic carbocycles. The summed E-state index contributed by atoms with van der Waals surface area (Å²) < 4.78 is 1.80. The lowest BCUT2D eigenvalue weighted by molar-refractivity contribution is 0.279. The molecule has 0 fully saturated rings. The van der Waals surface area contributed by atoms with Crippen molar-refractivity contribution in [2.24, 2.45) is 0 Å². The Kier molecular flexibility index (Phi) is 4.69. The Balaban J connectivity index is 2.23. The van der Waals surface area contributed by atoms with Crippen LogP contribution in [0.3, 0.4) is 0 Å². The minimum absolute atomic E-state index is 0.0307. The predicted molar refractivity (Wildman–Crippen MR) is 73.2 cm³/mol. The Hall–Kier alpha value is -0.270. The van der Waals surface area contributed by atoms with Crippen LogP contribution < -0.4 is 0 Å². The predicted octanol–water partition coefficient (Wildman–Crippen LogP) is 3.56. The minimum Gasteiger partial charge on any atom is -0.392 e. The monoisotopic (exact) mass is 304 g/mol. The third-order valence-electron chi connectivity index (χ3n) is 1.95. The molecule has 0 radical (unpaired) electrons. The number of aliphatic hydroxyl groups excluding tert-OH is 1. The molecule has 1 aromatic heterocycles. The van der Waals surface area contributed by atoms with Crippen molar-refractivity contribution < 1.29 is 5.11 Å². The lowest BCUT2D eigenvalue weighted by Crippen LogP contribution is -1.87. The second-order valence-corrected chi connectivity index (χ2v) is 6.81. The van der Waals surface area contributed by atoms with Gasteiger partial charge in [-0.1, -0.05) is 46.5 Å². The molecule has 3 nitrogen and oxygen atoms in total. The first-order valence-electron chi connectivity index (χ1n) is 4.67. The normalized spacial score (nSPS) is 10.8. The quantitative estimate of drug-likeness (QED) is 0.875. The Morgan fingerprint density at radius 2 is 2.12 bits per heavy atom. The van der Waals surface area contributed by atoms with Crippen LogP contribution in [0.4, 0.5) is 0 Å². The third kappa shape index (κ3) is 3.35.